The zero-order valence-corrected chi connectivity index (χ0v) is 11.8. The van der Waals surface area contributed by atoms with Gasteiger partial charge < -0.3 is 9.88 Å². The van der Waals surface area contributed by atoms with Gasteiger partial charge >= 0.3 is 0 Å². The second kappa shape index (κ2) is 5.06. The molecule has 1 unspecified atom stereocenters. The Hall–Kier alpha value is -1.61. The molecule has 1 fully saturated rings. The fourth-order valence-electron chi connectivity index (χ4n) is 3.88. The Morgan fingerprint density at radius 2 is 2.00 bits per heavy atom. The first-order valence-corrected chi connectivity index (χ1v) is 7.73. The molecule has 104 valence electrons. The molecule has 0 saturated carbocycles. The number of imidazole rings is 1. The minimum atomic E-state index is 0.478. The van der Waals surface area contributed by atoms with Crippen LogP contribution in [0.15, 0.2) is 36.7 Å². The maximum Gasteiger partial charge on any atom is 0.116 e. The first-order valence-electron chi connectivity index (χ1n) is 7.73. The van der Waals surface area contributed by atoms with E-state index >= 15 is 0 Å². The van der Waals surface area contributed by atoms with Crippen LogP contribution in [0.2, 0.25) is 0 Å². The van der Waals surface area contributed by atoms with E-state index in [1.165, 1.54) is 29.8 Å². The van der Waals surface area contributed by atoms with Crippen LogP contribution in [-0.2, 0) is 13.0 Å². The first kappa shape index (κ1) is 12.2. The van der Waals surface area contributed by atoms with Crippen LogP contribution in [0, 0.1) is 5.92 Å². The van der Waals surface area contributed by atoms with Gasteiger partial charge in [0.2, 0.25) is 0 Å². The van der Waals surface area contributed by atoms with Crippen molar-refractivity contribution in [1.82, 2.24) is 14.9 Å². The summed E-state index contributed by atoms with van der Waals surface area (Å²) in [6.45, 7) is 3.35. The predicted molar refractivity (Wildman–Crippen MR) is 79.8 cm³/mol. The molecule has 20 heavy (non-hydrogen) atoms. The largest absolute Gasteiger partial charge is 0.334 e. The van der Waals surface area contributed by atoms with Gasteiger partial charge in [0, 0.05) is 24.9 Å². The smallest absolute Gasteiger partial charge is 0.116 e. The normalized spacial score (nSPS) is 22.9. The van der Waals surface area contributed by atoms with Crippen molar-refractivity contribution in [3.05, 3.63) is 53.6 Å². The van der Waals surface area contributed by atoms with E-state index in [-0.39, 0.29) is 0 Å². The lowest BCUT2D eigenvalue weighted by molar-refractivity contribution is 0.332. The molecule has 1 atom stereocenters. The molecule has 3 heteroatoms. The lowest BCUT2D eigenvalue weighted by Gasteiger charge is -2.31. The topological polar surface area (TPSA) is 29.9 Å². The molecule has 0 spiro atoms. The fourth-order valence-corrected chi connectivity index (χ4v) is 3.88. The van der Waals surface area contributed by atoms with E-state index < -0.39 is 0 Å². The number of aromatic nitrogens is 2. The van der Waals surface area contributed by atoms with Gasteiger partial charge in [0.25, 0.3) is 0 Å². The molecular formula is C17H21N3. The summed E-state index contributed by atoms with van der Waals surface area (Å²) in [4.78, 5) is 4.71. The van der Waals surface area contributed by atoms with Crippen molar-refractivity contribution in [3.8, 4) is 0 Å². The molecular weight excluding hydrogens is 246 g/mol. The summed E-state index contributed by atoms with van der Waals surface area (Å²) in [5.74, 6) is 2.48. The van der Waals surface area contributed by atoms with Gasteiger partial charge in [-0.15, -0.1) is 0 Å². The monoisotopic (exact) mass is 267 g/mol. The SMILES string of the molecule is c1ccc2c(c1)CCn1ccnc1C2C1CCNCC1. The van der Waals surface area contributed by atoms with Crippen molar-refractivity contribution in [1.29, 1.82) is 0 Å². The second-order valence-electron chi connectivity index (χ2n) is 5.99. The zero-order chi connectivity index (χ0) is 13.4. The second-order valence-corrected chi connectivity index (χ2v) is 5.99. The molecule has 1 aromatic carbocycles. The van der Waals surface area contributed by atoms with Crippen LogP contribution in [-0.4, -0.2) is 22.6 Å². The summed E-state index contributed by atoms with van der Waals surface area (Å²) in [5.41, 5.74) is 3.03. The highest BCUT2D eigenvalue weighted by atomic mass is 15.1. The van der Waals surface area contributed by atoms with Gasteiger partial charge in [-0.05, 0) is 49.4 Å². The van der Waals surface area contributed by atoms with Gasteiger partial charge in [0.05, 0.1) is 0 Å². The highest BCUT2D eigenvalue weighted by Crippen LogP contribution is 2.39. The quantitative estimate of drug-likeness (QED) is 0.860. The van der Waals surface area contributed by atoms with Crippen LogP contribution < -0.4 is 5.32 Å². The highest BCUT2D eigenvalue weighted by Gasteiger charge is 2.32. The van der Waals surface area contributed by atoms with Crippen molar-refractivity contribution in [2.24, 2.45) is 5.92 Å². The van der Waals surface area contributed by atoms with E-state index in [4.69, 9.17) is 4.98 Å². The summed E-state index contributed by atoms with van der Waals surface area (Å²) >= 11 is 0. The number of hydrogen-bond donors (Lipinski definition) is 1. The molecule has 4 rings (SSSR count). The molecule has 3 nitrogen and oxygen atoms in total. The molecule has 3 heterocycles. The van der Waals surface area contributed by atoms with Gasteiger partial charge in [-0.2, -0.15) is 0 Å². The summed E-state index contributed by atoms with van der Waals surface area (Å²) in [6, 6.07) is 8.99. The number of nitrogens with zero attached hydrogens (tertiary/aromatic N) is 2. The fraction of sp³-hybridized carbons (Fsp3) is 0.471. The van der Waals surface area contributed by atoms with Gasteiger partial charge in [0.1, 0.15) is 5.82 Å². The zero-order valence-electron chi connectivity index (χ0n) is 11.8. The number of benzene rings is 1. The summed E-state index contributed by atoms with van der Waals surface area (Å²) in [7, 11) is 0. The number of fused-ring (bicyclic) bond motifs is 2. The lowest BCUT2D eigenvalue weighted by atomic mass is 9.78. The van der Waals surface area contributed by atoms with Crippen molar-refractivity contribution in [2.45, 2.75) is 31.7 Å². The van der Waals surface area contributed by atoms with Gasteiger partial charge in [-0.3, -0.25) is 0 Å². The van der Waals surface area contributed by atoms with E-state index in [1.54, 1.807) is 0 Å². The number of hydrogen-bond acceptors (Lipinski definition) is 2. The van der Waals surface area contributed by atoms with Crippen LogP contribution in [0.4, 0.5) is 0 Å². The number of piperidine rings is 1. The third kappa shape index (κ3) is 1.97. The van der Waals surface area contributed by atoms with Crippen LogP contribution in [0.1, 0.15) is 35.7 Å². The molecule has 1 saturated heterocycles. The Morgan fingerprint density at radius 1 is 1.15 bits per heavy atom. The highest BCUT2D eigenvalue weighted by molar-refractivity contribution is 5.37. The van der Waals surface area contributed by atoms with Crippen molar-refractivity contribution in [2.75, 3.05) is 13.1 Å². The molecule has 1 aromatic heterocycles. The van der Waals surface area contributed by atoms with E-state index in [9.17, 15) is 0 Å². The maximum atomic E-state index is 4.71. The molecule has 2 aromatic rings. The Labute approximate surface area is 120 Å². The summed E-state index contributed by atoms with van der Waals surface area (Å²) < 4.78 is 2.37. The van der Waals surface area contributed by atoms with Gasteiger partial charge in [-0.25, -0.2) is 4.98 Å². The third-order valence-electron chi connectivity index (χ3n) is 4.89. The van der Waals surface area contributed by atoms with E-state index in [2.05, 4.69) is 40.3 Å². The van der Waals surface area contributed by atoms with Crippen molar-refractivity contribution >= 4 is 0 Å². The Balaban J connectivity index is 1.83. The molecule has 0 radical (unpaired) electrons. The van der Waals surface area contributed by atoms with Gasteiger partial charge in [0.15, 0.2) is 0 Å². The van der Waals surface area contributed by atoms with Crippen LogP contribution in [0.3, 0.4) is 0 Å². The minimum absolute atomic E-state index is 0.478. The van der Waals surface area contributed by atoms with Crippen LogP contribution in [0.25, 0.3) is 0 Å². The molecule has 0 aliphatic carbocycles. The number of nitrogens with one attached hydrogen (secondary N) is 1. The standard InChI is InChI=1S/C17H21N3/c1-2-4-15-13(3-1)7-11-20-12-10-19-17(20)16(15)14-5-8-18-9-6-14/h1-4,10,12,14,16,18H,5-9,11H2. The lowest BCUT2D eigenvalue weighted by Crippen LogP contribution is -2.32. The molecule has 1 N–H and O–H groups in total. The van der Waals surface area contributed by atoms with Crippen LogP contribution in [0.5, 0.6) is 0 Å². The molecule has 2 aliphatic rings. The average Bonchev–Trinajstić information content (AvgIpc) is 2.90. The van der Waals surface area contributed by atoms with Crippen LogP contribution >= 0.6 is 0 Å². The van der Waals surface area contributed by atoms with E-state index in [0.29, 0.717) is 5.92 Å². The van der Waals surface area contributed by atoms with Crippen molar-refractivity contribution < 1.29 is 0 Å². The Bertz CT molecular complexity index is 596. The minimum Gasteiger partial charge on any atom is -0.334 e. The van der Waals surface area contributed by atoms with Gasteiger partial charge in [-0.1, -0.05) is 24.3 Å². The third-order valence-corrected chi connectivity index (χ3v) is 4.89. The Morgan fingerprint density at radius 3 is 2.90 bits per heavy atom. The first-order chi connectivity index (χ1) is 9.93. The summed E-state index contributed by atoms with van der Waals surface area (Å²) in [6.07, 6.45) is 7.76. The van der Waals surface area contributed by atoms with E-state index in [0.717, 1.165) is 32.0 Å². The number of aryl methyl sites for hydroxylation is 2. The average molecular weight is 267 g/mol. The van der Waals surface area contributed by atoms with E-state index in [1.807, 2.05) is 6.20 Å². The number of rotatable bonds is 1. The Kier molecular flexibility index (Phi) is 3.07. The maximum absolute atomic E-state index is 4.71. The predicted octanol–water partition coefficient (Wildman–Crippen LogP) is 2.57. The molecule has 0 amide bonds. The summed E-state index contributed by atoms with van der Waals surface area (Å²) in [5, 5.41) is 3.48. The molecule has 0 bridgehead atoms. The van der Waals surface area contributed by atoms with Crippen molar-refractivity contribution in [3.63, 3.8) is 0 Å². The molecule has 2 aliphatic heterocycles.